The third-order valence-electron chi connectivity index (χ3n) is 7.41. The summed E-state index contributed by atoms with van der Waals surface area (Å²) in [5, 5.41) is 14.9. The first-order valence-corrected chi connectivity index (χ1v) is 13.2. The Balaban J connectivity index is 1.46. The average molecular weight is 521 g/mol. The molecule has 0 radical (unpaired) electrons. The number of urea groups is 1. The summed E-state index contributed by atoms with van der Waals surface area (Å²) >= 11 is 0. The van der Waals surface area contributed by atoms with E-state index < -0.39 is 36.0 Å². The lowest BCUT2D eigenvalue weighted by molar-refractivity contribution is -0.175. The fourth-order valence-electron chi connectivity index (χ4n) is 5.11. The van der Waals surface area contributed by atoms with E-state index in [0.717, 1.165) is 25.7 Å². The third kappa shape index (κ3) is 7.40. The monoisotopic (exact) mass is 520 g/mol. The fourth-order valence-corrected chi connectivity index (χ4v) is 5.11. The smallest absolute Gasteiger partial charge is 0.335 e. The summed E-state index contributed by atoms with van der Waals surface area (Å²) in [6, 6.07) is -2.57. The molecule has 0 spiro atoms. The van der Waals surface area contributed by atoms with Crippen LogP contribution in [-0.2, 0) is 19.2 Å². The summed E-state index contributed by atoms with van der Waals surface area (Å²) < 4.78 is 0. The Morgan fingerprint density at radius 3 is 2.51 bits per heavy atom. The van der Waals surface area contributed by atoms with Gasteiger partial charge >= 0.3 is 6.03 Å². The van der Waals surface area contributed by atoms with Crippen LogP contribution in [0.2, 0.25) is 0 Å². The average Bonchev–Trinajstić information content (AvgIpc) is 3.02. The quantitative estimate of drug-likeness (QED) is 0.214. The van der Waals surface area contributed by atoms with Gasteiger partial charge in [-0.25, -0.2) is 15.2 Å². The van der Waals surface area contributed by atoms with Crippen LogP contribution in [0, 0.1) is 11.8 Å². The Morgan fingerprint density at radius 2 is 1.84 bits per heavy atom. The molecule has 0 aromatic rings. The van der Waals surface area contributed by atoms with Crippen molar-refractivity contribution in [1.29, 1.82) is 0 Å². The predicted molar refractivity (Wildman–Crippen MR) is 136 cm³/mol. The summed E-state index contributed by atoms with van der Waals surface area (Å²) in [5.41, 5.74) is 8.36. The largest absolute Gasteiger partial charge is 0.359 e. The molecule has 6 amide bonds. The van der Waals surface area contributed by atoms with Crippen molar-refractivity contribution in [2.75, 3.05) is 20.1 Å². The molecule has 0 bridgehead atoms. The van der Waals surface area contributed by atoms with Gasteiger partial charge in [0.2, 0.25) is 17.7 Å². The van der Waals surface area contributed by atoms with Crippen molar-refractivity contribution >= 4 is 35.9 Å². The predicted octanol–water partition coefficient (Wildman–Crippen LogP) is -0.426. The van der Waals surface area contributed by atoms with E-state index in [0.29, 0.717) is 38.3 Å². The maximum Gasteiger partial charge on any atom is 0.335 e. The van der Waals surface area contributed by atoms with Crippen LogP contribution in [-0.4, -0.2) is 84.2 Å². The number of amides is 6. The molecular formula is C24H40N8O5. The van der Waals surface area contributed by atoms with E-state index in [1.807, 2.05) is 6.92 Å². The summed E-state index contributed by atoms with van der Waals surface area (Å²) in [4.78, 5) is 62.2. The van der Waals surface area contributed by atoms with Gasteiger partial charge in [0.05, 0.1) is 12.1 Å². The van der Waals surface area contributed by atoms with E-state index in [2.05, 4.69) is 26.5 Å². The number of fused-ring (bicyclic) bond motifs is 1. The number of hydrazine groups is 1. The van der Waals surface area contributed by atoms with E-state index in [4.69, 9.17) is 5.73 Å². The van der Waals surface area contributed by atoms with Gasteiger partial charge in [-0.1, -0.05) is 6.92 Å². The Hall–Kier alpha value is -3.22. The highest BCUT2D eigenvalue weighted by Gasteiger charge is 2.43. The summed E-state index contributed by atoms with van der Waals surface area (Å²) in [7, 11) is 1.65. The highest BCUT2D eigenvalue weighted by molar-refractivity contribution is 5.94. The van der Waals surface area contributed by atoms with Crippen molar-refractivity contribution in [3.8, 4) is 0 Å². The minimum Gasteiger partial charge on any atom is -0.359 e. The molecule has 3 atom stereocenters. The molecule has 13 heteroatoms. The van der Waals surface area contributed by atoms with Gasteiger partial charge in [-0.2, -0.15) is 5.10 Å². The molecule has 3 aliphatic rings. The minimum absolute atomic E-state index is 0.0484. The van der Waals surface area contributed by atoms with E-state index in [1.54, 1.807) is 7.05 Å². The SMILES string of the molecule is CC[C@@H](/C=N/NC(=O)NCC1CCC(C(=O)NC)CC1)NC(=O)[C@@H]1CCCN2C(=O)CC[C@H](N)C(=O)N12. The molecule has 1 saturated carbocycles. The van der Waals surface area contributed by atoms with Gasteiger partial charge in [0.15, 0.2) is 0 Å². The number of carbonyl (C=O) groups is 5. The molecule has 13 nitrogen and oxygen atoms in total. The van der Waals surface area contributed by atoms with Gasteiger partial charge in [0.1, 0.15) is 6.04 Å². The van der Waals surface area contributed by atoms with Gasteiger partial charge in [-0.15, -0.1) is 0 Å². The van der Waals surface area contributed by atoms with Crippen LogP contribution >= 0.6 is 0 Å². The molecule has 0 aromatic heterocycles. The molecule has 2 aliphatic heterocycles. The first-order valence-electron chi connectivity index (χ1n) is 13.2. The third-order valence-corrected chi connectivity index (χ3v) is 7.41. The van der Waals surface area contributed by atoms with Gasteiger partial charge in [-0.05, 0) is 57.3 Å². The van der Waals surface area contributed by atoms with Gasteiger partial charge in [-0.3, -0.25) is 24.2 Å². The van der Waals surface area contributed by atoms with Crippen molar-refractivity contribution in [3.63, 3.8) is 0 Å². The highest BCUT2D eigenvalue weighted by atomic mass is 16.2. The van der Waals surface area contributed by atoms with Crippen LogP contribution in [0.5, 0.6) is 0 Å². The maximum atomic E-state index is 13.1. The number of nitrogens with one attached hydrogen (secondary N) is 4. The second-order valence-electron chi connectivity index (χ2n) is 9.96. The Morgan fingerprint density at radius 1 is 1.11 bits per heavy atom. The number of rotatable bonds is 8. The molecular weight excluding hydrogens is 480 g/mol. The molecule has 6 N–H and O–H groups in total. The summed E-state index contributed by atoms with van der Waals surface area (Å²) in [6.45, 7) is 2.74. The van der Waals surface area contributed by atoms with Crippen LogP contribution in [0.3, 0.4) is 0 Å². The molecule has 0 aromatic carbocycles. The molecule has 3 fully saturated rings. The van der Waals surface area contributed by atoms with E-state index >= 15 is 0 Å². The molecule has 0 unspecified atom stereocenters. The molecule has 2 heterocycles. The number of nitrogens with zero attached hydrogens (tertiary/aromatic N) is 3. The number of carbonyl (C=O) groups excluding carboxylic acids is 5. The lowest BCUT2D eigenvalue weighted by atomic mass is 9.81. The van der Waals surface area contributed by atoms with Crippen LogP contribution in [0.4, 0.5) is 4.79 Å². The fraction of sp³-hybridized carbons (Fsp3) is 0.750. The van der Waals surface area contributed by atoms with E-state index in [-0.39, 0.29) is 30.6 Å². The van der Waals surface area contributed by atoms with Crippen molar-refractivity contribution in [3.05, 3.63) is 0 Å². The van der Waals surface area contributed by atoms with Gasteiger partial charge < -0.3 is 21.7 Å². The second kappa shape index (κ2) is 13.4. The first kappa shape index (κ1) is 28.4. The summed E-state index contributed by atoms with van der Waals surface area (Å²) in [6.07, 6.45) is 6.78. The van der Waals surface area contributed by atoms with E-state index in [1.165, 1.54) is 16.2 Å². The standard InChI is InChI=1S/C24H40N8O5/c1-3-17(14-28-30-24(37)27-13-15-6-8-16(9-7-15)21(34)26-2)29-22(35)19-5-4-12-31-20(33)11-10-18(25)23(36)32(19)31/h14-19H,3-13,25H2,1-2H3,(H,26,34)(H,29,35)(H2,27,30,37)/b28-14+/t15?,16?,17-,18-,19-/m0/s1. The van der Waals surface area contributed by atoms with E-state index in [9.17, 15) is 24.0 Å². The van der Waals surface area contributed by atoms with Crippen molar-refractivity contribution in [2.24, 2.45) is 22.7 Å². The van der Waals surface area contributed by atoms with Crippen LogP contribution in [0.1, 0.15) is 64.7 Å². The van der Waals surface area contributed by atoms with Gasteiger partial charge in [0.25, 0.3) is 5.91 Å². The van der Waals surface area contributed by atoms with Crippen LogP contribution in [0.25, 0.3) is 0 Å². The minimum atomic E-state index is -0.827. The number of hydrazone groups is 1. The van der Waals surface area contributed by atoms with Gasteiger partial charge in [0, 0.05) is 38.7 Å². The van der Waals surface area contributed by atoms with Crippen molar-refractivity contribution < 1.29 is 24.0 Å². The second-order valence-corrected chi connectivity index (χ2v) is 9.96. The first-order chi connectivity index (χ1) is 17.7. The lowest BCUT2D eigenvalue weighted by Gasteiger charge is -2.42. The number of hydrogen-bond donors (Lipinski definition) is 5. The van der Waals surface area contributed by atoms with Crippen LogP contribution in [0.15, 0.2) is 5.10 Å². The zero-order valence-electron chi connectivity index (χ0n) is 21.7. The number of nitrogens with two attached hydrogens (primary N) is 1. The molecule has 2 saturated heterocycles. The molecule has 206 valence electrons. The van der Waals surface area contributed by atoms with Crippen molar-refractivity contribution in [2.45, 2.75) is 82.8 Å². The Bertz CT molecular complexity index is 888. The zero-order valence-corrected chi connectivity index (χ0v) is 21.7. The van der Waals surface area contributed by atoms with Crippen LogP contribution < -0.4 is 27.1 Å². The topological polar surface area (TPSA) is 178 Å². The normalized spacial score (nSPS) is 27.2. The molecule has 1 aliphatic carbocycles. The summed E-state index contributed by atoms with van der Waals surface area (Å²) in [5.74, 6) is -0.584. The number of hydrogen-bond acceptors (Lipinski definition) is 7. The highest BCUT2D eigenvalue weighted by Crippen LogP contribution is 2.28. The maximum absolute atomic E-state index is 13.1. The Kier molecular flexibility index (Phi) is 10.2. The molecule has 37 heavy (non-hydrogen) atoms. The Labute approximate surface area is 217 Å². The van der Waals surface area contributed by atoms with Crippen molar-refractivity contribution in [1.82, 2.24) is 31.4 Å². The lowest BCUT2D eigenvalue weighted by Crippen LogP contribution is -2.63. The molecule has 3 rings (SSSR count). The zero-order chi connectivity index (χ0) is 26.9.